The number of amides is 2. The van der Waals surface area contributed by atoms with Gasteiger partial charge >= 0.3 is 0 Å². The van der Waals surface area contributed by atoms with Crippen LogP contribution in [-0.4, -0.2) is 40.6 Å². The normalized spacial score (nSPS) is 32.7. The summed E-state index contributed by atoms with van der Waals surface area (Å²) in [5.41, 5.74) is -1.52. The summed E-state index contributed by atoms with van der Waals surface area (Å²) < 4.78 is 29.9. The highest BCUT2D eigenvalue weighted by molar-refractivity contribution is 6.30. The summed E-state index contributed by atoms with van der Waals surface area (Å²) in [6, 6.07) is 6.89. The Morgan fingerprint density at radius 2 is 1.92 bits per heavy atom. The van der Waals surface area contributed by atoms with Crippen LogP contribution in [-0.2, 0) is 15.0 Å². The molecule has 4 N–H and O–H groups in total. The zero-order chi connectivity index (χ0) is 26.9. The lowest BCUT2D eigenvalue weighted by atomic mass is 9.62. The minimum atomic E-state index is -1.39. The predicted octanol–water partition coefficient (Wildman–Crippen LogP) is 4.40. The van der Waals surface area contributed by atoms with Crippen molar-refractivity contribution >= 4 is 29.1 Å². The van der Waals surface area contributed by atoms with E-state index in [1.54, 1.807) is 25.1 Å². The number of nitrogens with one attached hydrogen (secondary N) is 3. The first-order chi connectivity index (χ1) is 17.2. The summed E-state index contributed by atoms with van der Waals surface area (Å²) in [7, 11) is 0. The molecule has 1 aliphatic carbocycles. The molecule has 1 saturated carbocycles. The van der Waals surface area contributed by atoms with Crippen molar-refractivity contribution in [2.45, 2.75) is 82.0 Å². The van der Waals surface area contributed by atoms with Crippen molar-refractivity contribution < 1.29 is 23.5 Å². The first kappa shape index (κ1) is 26.1. The summed E-state index contributed by atoms with van der Waals surface area (Å²) in [5, 5.41) is 19.2. The van der Waals surface area contributed by atoms with Crippen LogP contribution in [0.2, 0.25) is 5.02 Å². The van der Waals surface area contributed by atoms with Crippen molar-refractivity contribution in [1.29, 1.82) is 0 Å². The monoisotopic (exact) mass is 531 g/mol. The van der Waals surface area contributed by atoms with Crippen LogP contribution in [0.5, 0.6) is 0 Å². The Morgan fingerprint density at radius 3 is 2.57 bits per heavy atom. The fourth-order valence-electron chi connectivity index (χ4n) is 6.55. The molecule has 9 heteroatoms. The number of hydrogen-bond donors (Lipinski definition) is 4. The van der Waals surface area contributed by atoms with E-state index in [1.165, 1.54) is 18.2 Å². The van der Waals surface area contributed by atoms with Gasteiger partial charge in [0.2, 0.25) is 11.8 Å². The maximum absolute atomic E-state index is 15.7. The third kappa shape index (κ3) is 4.33. The van der Waals surface area contributed by atoms with Gasteiger partial charge < -0.3 is 21.1 Å². The van der Waals surface area contributed by atoms with Gasteiger partial charge in [0.1, 0.15) is 17.0 Å². The number of fused-ring (bicyclic) bond motifs is 2. The molecular weight excluding hydrogens is 500 g/mol. The molecule has 2 heterocycles. The summed E-state index contributed by atoms with van der Waals surface area (Å²) in [6.45, 7) is 7.79. The highest BCUT2D eigenvalue weighted by Gasteiger charge is 2.66. The van der Waals surface area contributed by atoms with Crippen molar-refractivity contribution in [3.8, 4) is 0 Å². The second-order valence-electron chi connectivity index (χ2n) is 12.2. The molecule has 1 spiro atoms. The van der Waals surface area contributed by atoms with Gasteiger partial charge in [-0.1, -0.05) is 50.6 Å². The number of benzene rings is 2. The van der Waals surface area contributed by atoms with Crippen LogP contribution in [0.3, 0.4) is 0 Å². The third-order valence-electron chi connectivity index (χ3n) is 7.94. The van der Waals surface area contributed by atoms with Crippen LogP contribution in [0.1, 0.15) is 64.0 Å². The van der Waals surface area contributed by atoms with E-state index < -0.39 is 46.6 Å². The molecule has 2 aliphatic heterocycles. The number of aliphatic hydroxyl groups is 1. The molecule has 2 amide bonds. The zero-order valence-corrected chi connectivity index (χ0v) is 22.0. The van der Waals surface area contributed by atoms with Crippen LogP contribution in [0, 0.1) is 17.0 Å². The Kier molecular flexibility index (Phi) is 6.17. The molecule has 0 aromatic heterocycles. The van der Waals surface area contributed by atoms with E-state index in [4.69, 9.17) is 11.6 Å². The van der Waals surface area contributed by atoms with Crippen LogP contribution in [0.25, 0.3) is 0 Å². The van der Waals surface area contributed by atoms with E-state index in [0.717, 1.165) is 0 Å². The van der Waals surface area contributed by atoms with E-state index >= 15 is 4.39 Å². The number of carbonyl (C=O) groups excluding carboxylic acids is 2. The van der Waals surface area contributed by atoms with Gasteiger partial charge in [0.15, 0.2) is 0 Å². The van der Waals surface area contributed by atoms with Crippen molar-refractivity contribution in [2.75, 3.05) is 5.32 Å². The fraction of sp³-hybridized carbons (Fsp3) is 0.500. The molecule has 1 saturated heterocycles. The molecule has 2 fully saturated rings. The predicted molar refractivity (Wildman–Crippen MR) is 137 cm³/mol. The zero-order valence-electron chi connectivity index (χ0n) is 21.3. The minimum absolute atomic E-state index is 0.112. The average Bonchev–Trinajstić information content (AvgIpc) is 3.23. The maximum atomic E-state index is 15.7. The Bertz CT molecular complexity index is 1270. The maximum Gasteiger partial charge on any atom is 0.238 e. The second kappa shape index (κ2) is 8.75. The van der Waals surface area contributed by atoms with Crippen molar-refractivity contribution in [3.05, 3.63) is 64.2 Å². The average molecular weight is 532 g/mol. The van der Waals surface area contributed by atoms with Gasteiger partial charge in [0.25, 0.3) is 0 Å². The van der Waals surface area contributed by atoms with E-state index in [2.05, 4.69) is 16.0 Å². The lowest BCUT2D eigenvalue weighted by molar-refractivity contribution is -0.127. The van der Waals surface area contributed by atoms with Gasteiger partial charge in [-0.3, -0.25) is 9.59 Å². The minimum Gasteiger partial charge on any atom is -0.390 e. The highest BCUT2D eigenvalue weighted by atomic mass is 35.5. The quantitative estimate of drug-likeness (QED) is 0.471. The molecule has 2 aromatic carbocycles. The van der Waals surface area contributed by atoms with Gasteiger partial charge in [0.05, 0.1) is 16.7 Å². The molecule has 5 rings (SSSR count). The topological polar surface area (TPSA) is 90.5 Å². The molecule has 3 aliphatic rings. The Balaban J connectivity index is 1.69. The number of rotatable bonds is 4. The molecule has 0 radical (unpaired) electrons. The molecular formula is C28H32ClF2N3O3. The SMILES string of the molecule is CC(C)(C)C[C@H]1N[C@@H](C(=O)NC2CC(C)(O)C2)[C@H](c2cccc(Cl)c2F)[C@@]12C(=O)Nc1cc(F)ccc12. The van der Waals surface area contributed by atoms with Gasteiger partial charge in [-0.2, -0.15) is 0 Å². The van der Waals surface area contributed by atoms with Crippen molar-refractivity contribution in [1.82, 2.24) is 10.6 Å². The number of hydrogen-bond acceptors (Lipinski definition) is 4. The molecule has 198 valence electrons. The number of carbonyl (C=O) groups is 2. The molecule has 37 heavy (non-hydrogen) atoms. The van der Waals surface area contributed by atoms with Gasteiger partial charge in [0, 0.05) is 23.7 Å². The highest BCUT2D eigenvalue weighted by Crippen LogP contribution is 2.57. The second-order valence-corrected chi connectivity index (χ2v) is 12.6. The smallest absolute Gasteiger partial charge is 0.238 e. The van der Waals surface area contributed by atoms with Gasteiger partial charge in [-0.25, -0.2) is 8.78 Å². The lowest BCUT2D eigenvalue weighted by Gasteiger charge is -2.42. The van der Waals surface area contributed by atoms with Crippen LogP contribution in [0.4, 0.5) is 14.5 Å². The molecule has 0 unspecified atom stereocenters. The van der Waals surface area contributed by atoms with E-state index in [1.807, 2.05) is 20.8 Å². The summed E-state index contributed by atoms with van der Waals surface area (Å²) in [4.78, 5) is 27.8. The summed E-state index contributed by atoms with van der Waals surface area (Å²) in [6.07, 6.45) is 1.29. The summed E-state index contributed by atoms with van der Waals surface area (Å²) in [5.74, 6) is -2.97. The number of halogens is 3. The first-order valence-electron chi connectivity index (χ1n) is 12.6. The molecule has 2 aromatic rings. The van der Waals surface area contributed by atoms with Gasteiger partial charge in [-0.05, 0) is 60.9 Å². The molecule has 6 nitrogen and oxygen atoms in total. The van der Waals surface area contributed by atoms with E-state index in [9.17, 15) is 19.1 Å². The molecule has 0 bridgehead atoms. The lowest BCUT2D eigenvalue weighted by Crippen LogP contribution is -2.57. The standard InChI is InChI=1S/C28H32ClF2N3O3/c1-26(2,3)13-20-28(17-9-8-14(30)10-19(17)33-25(28)36)21(16-6-5-7-18(29)22(16)31)23(34-20)24(35)32-15-11-27(4,37)12-15/h5-10,15,20-21,23,34,37H,11-13H2,1-4H3,(H,32,35)(H,33,36)/t15?,20-,21+,23-,27?,28+/m1/s1. The van der Waals surface area contributed by atoms with Gasteiger partial charge in [-0.15, -0.1) is 0 Å². The van der Waals surface area contributed by atoms with Crippen molar-refractivity contribution in [3.63, 3.8) is 0 Å². The number of anilines is 1. The summed E-state index contributed by atoms with van der Waals surface area (Å²) >= 11 is 6.19. The van der Waals surface area contributed by atoms with Crippen LogP contribution < -0.4 is 16.0 Å². The Morgan fingerprint density at radius 1 is 1.22 bits per heavy atom. The van der Waals surface area contributed by atoms with Crippen LogP contribution >= 0.6 is 11.6 Å². The Hall–Kier alpha value is -2.55. The van der Waals surface area contributed by atoms with E-state index in [-0.39, 0.29) is 28.0 Å². The van der Waals surface area contributed by atoms with E-state index in [0.29, 0.717) is 30.5 Å². The molecule has 4 atom stereocenters. The first-order valence-corrected chi connectivity index (χ1v) is 12.9. The van der Waals surface area contributed by atoms with Crippen molar-refractivity contribution in [2.24, 2.45) is 5.41 Å². The Labute approximate surface area is 220 Å². The third-order valence-corrected chi connectivity index (χ3v) is 8.23. The fourth-order valence-corrected chi connectivity index (χ4v) is 6.73. The largest absolute Gasteiger partial charge is 0.390 e. The van der Waals surface area contributed by atoms with Crippen LogP contribution in [0.15, 0.2) is 36.4 Å².